The molecule has 2 aliphatic heterocycles. The number of amides is 3. The van der Waals surface area contributed by atoms with Crippen molar-refractivity contribution in [3.05, 3.63) is 59.3 Å². The Hall–Kier alpha value is -5.04. The normalized spacial score (nSPS) is 16.1. The Morgan fingerprint density at radius 1 is 1.12 bits per heavy atom. The lowest BCUT2D eigenvalue weighted by atomic mass is 9.97. The van der Waals surface area contributed by atoms with Gasteiger partial charge in [-0.3, -0.25) is 18.7 Å². The summed E-state index contributed by atoms with van der Waals surface area (Å²) in [4.78, 5) is 48.3. The molecule has 3 amide bonds. The van der Waals surface area contributed by atoms with Crippen molar-refractivity contribution in [2.75, 3.05) is 51.1 Å². The van der Waals surface area contributed by atoms with Crippen molar-refractivity contribution < 1.29 is 41.1 Å². The Kier molecular flexibility index (Phi) is 9.30. The Labute approximate surface area is 279 Å². The molecule has 0 unspecified atom stereocenters. The minimum Gasteiger partial charge on any atom is -0.457 e. The van der Waals surface area contributed by atoms with Gasteiger partial charge in [0.15, 0.2) is 22.8 Å². The van der Waals surface area contributed by atoms with E-state index in [-0.39, 0.29) is 72.4 Å². The van der Waals surface area contributed by atoms with E-state index in [0.29, 0.717) is 29.9 Å². The molecule has 2 saturated heterocycles. The van der Waals surface area contributed by atoms with Gasteiger partial charge in [0.1, 0.15) is 6.54 Å². The minimum absolute atomic E-state index is 0.0451. The molecule has 2 aliphatic rings. The van der Waals surface area contributed by atoms with Crippen molar-refractivity contribution in [2.45, 2.75) is 24.7 Å². The van der Waals surface area contributed by atoms with Crippen LogP contribution >= 0.6 is 11.6 Å². The van der Waals surface area contributed by atoms with E-state index in [9.17, 15) is 36.3 Å². The molecule has 3 N–H and O–H groups in total. The number of fused-ring (bicyclic) bond motifs is 1. The number of hydrogen-bond acceptors (Lipinski definition) is 9. The third-order valence-corrected chi connectivity index (χ3v) is 8.44. The molecule has 3 aromatic heterocycles. The van der Waals surface area contributed by atoms with Crippen molar-refractivity contribution in [3.63, 3.8) is 0 Å². The van der Waals surface area contributed by atoms with Gasteiger partial charge in [0.2, 0.25) is 0 Å². The first kappa shape index (κ1) is 33.8. The Balaban J connectivity index is 1.12. The molecule has 0 saturated carbocycles. The molecular weight excluding hydrogens is 683 g/mol. The predicted molar refractivity (Wildman–Crippen MR) is 164 cm³/mol. The molecule has 0 aliphatic carbocycles. The lowest BCUT2D eigenvalue weighted by molar-refractivity contribution is -0.148. The lowest BCUT2D eigenvalue weighted by Crippen LogP contribution is -2.66. The van der Waals surface area contributed by atoms with Gasteiger partial charge in [0.25, 0.3) is 18.8 Å². The molecule has 6 rings (SSSR count). The van der Waals surface area contributed by atoms with Crippen LogP contribution in [0, 0.1) is 0 Å². The number of aromatic nitrogens is 5. The summed E-state index contributed by atoms with van der Waals surface area (Å²) in [7, 11) is 0. The van der Waals surface area contributed by atoms with Crippen LogP contribution in [0.2, 0.25) is 5.02 Å². The average molecular weight is 711 g/mol. The maximum Gasteiger partial charge on any atom is 0.435 e. The number of halogens is 6. The number of hydrogen-bond donors (Lipinski definition) is 3. The molecule has 4 aromatic rings. The van der Waals surface area contributed by atoms with E-state index < -0.39 is 36.0 Å². The largest absolute Gasteiger partial charge is 0.457 e. The quantitative estimate of drug-likeness (QED) is 0.167. The second-order valence-electron chi connectivity index (χ2n) is 11.4. The van der Waals surface area contributed by atoms with Gasteiger partial charge in [-0.25, -0.2) is 23.5 Å². The second kappa shape index (κ2) is 13.5. The van der Waals surface area contributed by atoms with E-state index in [4.69, 9.17) is 16.3 Å². The highest BCUT2D eigenvalue weighted by atomic mass is 35.5. The summed E-state index contributed by atoms with van der Waals surface area (Å²) in [6.45, 7) is 1.43. The minimum atomic E-state index is -4.91. The number of rotatable bonds is 10. The number of carbonyl (C=O) groups is 3. The summed E-state index contributed by atoms with van der Waals surface area (Å²) in [5.74, 6) is -0.203. The molecule has 2 fully saturated rings. The highest BCUT2D eigenvalue weighted by Crippen LogP contribution is 2.37. The first-order chi connectivity index (χ1) is 23.4. The number of nitrogens with zero attached hydrogens (tertiary/aromatic N) is 7. The molecule has 14 nitrogen and oxygen atoms in total. The summed E-state index contributed by atoms with van der Waals surface area (Å²) >= 11 is 6.50. The summed E-state index contributed by atoms with van der Waals surface area (Å²) in [5, 5.41) is 12.2. The Morgan fingerprint density at radius 3 is 2.49 bits per heavy atom. The fourth-order valence-corrected chi connectivity index (χ4v) is 5.81. The van der Waals surface area contributed by atoms with Crippen molar-refractivity contribution >= 4 is 47.2 Å². The monoisotopic (exact) mass is 710 g/mol. The van der Waals surface area contributed by atoms with Gasteiger partial charge < -0.3 is 30.5 Å². The molecule has 0 atom stereocenters. The van der Waals surface area contributed by atoms with Crippen LogP contribution in [0.15, 0.2) is 43.0 Å². The number of ether oxygens (including phenoxy) is 1. The van der Waals surface area contributed by atoms with Crippen molar-refractivity contribution in [2.24, 2.45) is 0 Å². The van der Waals surface area contributed by atoms with E-state index in [1.54, 1.807) is 15.9 Å². The molecular formula is C29H28ClF5N10O4. The van der Waals surface area contributed by atoms with Gasteiger partial charge in [0.05, 0.1) is 34.6 Å². The first-order valence-corrected chi connectivity index (χ1v) is 15.2. The van der Waals surface area contributed by atoms with Crippen LogP contribution in [0.1, 0.15) is 16.1 Å². The second-order valence-corrected chi connectivity index (χ2v) is 11.8. The van der Waals surface area contributed by atoms with E-state index in [2.05, 4.69) is 31.0 Å². The van der Waals surface area contributed by atoms with Gasteiger partial charge in [0, 0.05) is 63.5 Å². The lowest BCUT2D eigenvalue weighted by Gasteiger charge is -2.41. The highest BCUT2D eigenvalue weighted by Gasteiger charge is 2.40. The topological polar surface area (TPSA) is 151 Å². The zero-order chi connectivity index (χ0) is 34.9. The number of anilines is 2. The van der Waals surface area contributed by atoms with Gasteiger partial charge in [-0.05, 0) is 18.2 Å². The molecule has 49 heavy (non-hydrogen) atoms. The summed E-state index contributed by atoms with van der Waals surface area (Å²) in [5.41, 5.74) is -1.84. The number of carbonyl (C=O) groups excluding carboxylic acids is 3. The number of imidazole rings is 1. The third kappa shape index (κ3) is 7.07. The summed E-state index contributed by atoms with van der Waals surface area (Å²) in [6, 6.07) is 4.23. The van der Waals surface area contributed by atoms with E-state index >= 15 is 0 Å². The van der Waals surface area contributed by atoms with E-state index in [1.807, 2.05) is 0 Å². The number of alkyl halides is 5. The van der Waals surface area contributed by atoms with Crippen LogP contribution in [0.5, 0.6) is 0 Å². The fraction of sp³-hybridized carbons (Fsp3) is 0.379. The van der Waals surface area contributed by atoms with Crippen LogP contribution in [0.25, 0.3) is 16.9 Å². The van der Waals surface area contributed by atoms with Crippen molar-refractivity contribution in [1.82, 2.24) is 44.6 Å². The van der Waals surface area contributed by atoms with Crippen LogP contribution in [0.3, 0.4) is 0 Å². The van der Waals surface area contributed by atoms with Gasteiger partial charge in [-0.1, -0.05) is 11.6 Å². The first-order valence-electron chi connectivity index (χ1n) is 14.8. The number of nitrogens with one attached hydrogen (secondary N) is 3. The summed E-state index contributed by atoms with van der Waals surface area (Å²) < 4.78 is 74.0. The maximum atomic E-state index is 13.8. The van der Waals surface area contributed by atoms with Gasteiger partial charge in [-0.2, -0.15) is 18.3 Å². The third-order valence-electron chi connectivity index (χ3n) is 8.13. The predicted octanol–water partition coefficient (Wildman–Crippen LogP) is 3.26. The fourth-order valence-electron chi connectivity index (χ4n) is 5.55. The van der Waals surface area contributed by atoms with Gasteiger partial charge >= 0.3 is 12.2 Å². The van der Waals surface area contributed by atoms with Crippen LogP contribution in [0.4, 0.5) is 38.3 Å². The Bertz CT molecular complexity index is 1870. The Morgan fingerprint density at radius 2 is 1.86 bits per heavy atom. The molecule has 0 bridgehead atoms. The zero-order valence-corrected chi connectivity index (χ0v) is 26.1. The van der Waals surface area contributed by atoms with Crippen LogP contribution in [-0.4, -0.2) is 110 Å². The smallest absolute Gasteiger partial charge is 0.435 e. The number of piperazine rings is 1. The van der Waals surface area contributed by atoms with Gasteiger partial charge in [-0.15, -0.1) is 0 Å². The van der Waals surface area contributed by atoms with Crippen LogP contribution in [-0.2, 0) is 22.3 Å². The molecule has 0 radical (unpaired) electrons. The van der Waals surface area contributed by atoms with E-state index in [1.165, 1.54) is 28.9 Å². The molecule has 1 aromatic carbocycles. The SMILES string of the molecule is O=COC1(CNC(=O)N2CCN(C(=O)c3ccc(Nc4nccn5c(-c6cn(CC(F)F)nc6C(F)(F)F)cnc45)cc3Cl)CC2)CNC1. The standard InChI is InChI=1S/C29H28ClF5N10O4/c30-20-9-17(1-2-18(20)26(47)42-5-7-43(8-6-42)27(48)39-15-28(49-16-46)13-36-14-28)40-24-25-38-10-21(45(25)4-3-37-24)19-11-44(12-22(31)32)41-23(19)29(33,34)35/h1-4,9-11,16,22,36H,5-8,12-15H2,(H,37,40)(H,39,48). The molecule has 260 valence electrons. The molecule has 20 heteroatoms. The number of benzene rings is 1. The average Bonchev–Trinajstić information content (AvgIpc) is 3.67. The summed E-state index contributed by atoms with van der Waals surface area (Å²) in [6.07, 6.45) is -3.08. The maximum absolute atomic E-state index is 13.8. The van der Waals surface area contributed by atoms with Crippen molar-refractivity contribution in [3.8, 4) is 11.3 Å². The van der Waals surface area contributed by atoms with Crippen molar-refractivity contribution in [1.29, 1.82) is 0 Å². The van der Waals surface area contributed by atoms with Crippen LogP contribution < -0.4 is 16.0 Å². The molecule has 5 heterocycles. The van der Waals surface area contributed by atoms with E-state index in [0.717, 1.165) is 12.4 Å². The molecule has 0 spiro atoms. The highest BCUT2D eigenvalue weighted by molar-refractivity contribution is 6.34. The number of urea groups is 1. The zero-order valence-electron chi connectivity index (χ0n) is 25.4.